The molecule has 8 aliphatic rings. The van der Waals surface area contributed by atoms with Crippen LogP contribution in [-0.2, 0) is 63.7 Å². The number of fused-ring (bicyclic) bond motifs is 2. The molecule has 4 N–H and O–H groups in total. The molecule has 18 nitrogen and oxygen atoms in total. The SMILES string of the molecule is COC(=O)NC(C(=O)N1CC2(C[C@H]1c1nc3ccc(-c4cc5ccc4CCc4ccc(c(-c6ccc7nc([C@@H]8CC9(CN8C(=O)C(NC(=O)OC)C(C)C)OCCO9)[nH]c7c6)c4)CC5)cc3[nH]1)OCCO2)C(C)C. The molecule has 0 radical (unpaired) electrons. The summed E-state index contributed by atoms with van der Waals surface area (Å²) < 4.78 is 34.2. The predicted molar refractivity (Wildman–Crippen MR) is 274 cm³/mol. The summed E-state index contributed by atoms with van der Waals surface area (Å²) in [6.07, 6.45) is 2.75. The van der Waals surface area contributed by atoms with Gasteiger partial charge in [0.2, 0.25) is 11.8 Å². The zero-order valence-electron chi connectivity index (χ0n) is 42.7. The summed E-state index contributed by atoms with van der Waals surface area (Å²) in [6.45, 7) is 9.71. The van der Waals surface area contributed by atoms with E-state index in [1.54, 1.807) is 9.80 Å². The van der Waals surface area contributed by atoms with Crippen LogP contribution >= 0.6 is 0 Å². The van der Waals surface area contributed by atoms with Gasteiger partial charge in [0, 0.05) is 12.8 Å². The molecule has 6 heterocycles. The van der Waals surface area contributed by atoms with Crippen molar-refractivity contribution in [2.45, 2.75) is 102 Å². The van der Waals surface area contributed by atoms with E-state index >= 15 is 0 Å². The van der Waals surface area contributed by atoms with Crippen LogP contribution in [-0.4, -0.2) is 131 Å². The van der Waals surface area contributed by atoms with Crippen molar-refractivity contribution >= 4 is 46.1 Å². The monoisotopic (exact) mass is 1010 g/mol. The number of nitrogens with one attached hydrogen (secondary N) is 4. The minimum absolute atomic E-state index is 0.202. The Morgan fingerprint density at radius 1 is 0.581 bits per heavy atom. The topological polar surface area (TPSA) is 212 Å². The second-order valence-electron chi connectivity index (χ2n) is 21.0. The number of aromatic amines is 2. The van der Waals surface area contributed by atoms with E-state index in [2.05, 4.69) is 81.3 Å². The molecule has 4 atom stereocenters. The number of likely N-dealkylation sites (tertiary alicyclic amines) is 2. The zero-order chi connectivity index (χ0) is 51.5. The maximum absolute atomic E-state index is 14.3. The highest BCUT2D eigenvalue weighted by Crippen LogP contribution is 2.45. The lowest BCUT2D eigenvalue weighted by molar-refractivity contribution is -0.153. The fourth-order valence-corrected chi connectivity index (χ4v) is 11.6. The number of amides is 4. The van der Waals surface area contributed by atoms with Crippen molar-refractivity contribution in [1.82, 2.24) is 40.4 Å². The lowest BCUT2D eigenvalue weighted by Gasteiger charge is -2.30. The molecule has 2 spiro atoms. The Balaban J connectivity index is 0.848. The quantitative estimate of drug-likeness (QED) is 0.105. The summed E-state index contributed by atoms with van der Waals surface area (Å²) in [4.78, 5) is 73.9. The summed E-state index contributed by atoms with van der Waals surface area (Å²) in [7, 11) is 2.57. The molecule has 4 aliphatic carbocycles. The average Bonchev–Trinajstić information content (AvgIpc) is 4.28. The van der Waals surface area contributed by atoms with Gasteiger partial charge >= 0.3 is 12.2 Å². The first-order valence-corrected chi connectivity index (χ1v) is 25.8. The minimum atomic E-state index is -0.952. The molecule has 74 heavy (non-hydrogen) atoms. The maximum atomic E-state index is 14.3. The van der Waals surface area contributed by atoms with Crippen LogP contribution < -0.4 is 10.6 Å². The van der Waals surface area contributed by atoms with Crippen LogP contribution in [0.4, 0.5) is 9.59 Å². The first-order chi connectivity index (χ1) is 35.7. The fourth-order valence-electron chi connectivity index (χ4n) is 11.6. The Morgan fingerprint density at radius 3 is 1.36 bits per heavy atom. The molecule has 4 fully saturated rings. The number of hydrogen-bond donors (Lipinski definition) is 4. The summed E-state index contributed by atoms with van der Waals surface area (Å²) in [6, 6.07) is 23.7. The predicted octanol–water partition coefficient (Wildman–Crippen LogP) is 7.45. The largest absolute Gasteiger partial charge is 0.453 e. The molecule has 388 valence electrons. The third-order valence-electron chi connectivity index (χ3n) is 15.5. The van der Waals surface area contributed by atoms with Crippen LogP contribution in [0.2, 0.25) is 0 Å². The molecule has 4 saturated heterocycles. The highest BCUT2D eigenvalue weighted by Gasteiger charge is 2.54. The number of aromatic nitrogens is 4. The van der Waals surface area contributed by atoms with Gasteiger partial charge in [0.25, 0.3) is 0 Å². The van der Waals surface area contributed by atoms with Gasteiger partial charge < -0.3 is 58.8 Å². The standard InChI is InChI=1S/C56H64N8O10/c1-31(2)47(61-53(67)69-5)51(65)63-29-55(71-19-20-72-55)27-45(63)49-57-41-17-15-37(25-43(41)59-49)39-23-33-7-11-35(39)13-9-34-8-12-36(14-10-33)40(24-34)38-16-18-42-44(26-38)60-50(58-42)46-28-56(73-21-22-74-56)30-64(46)52(66)48(32(3)4)62-54(68)70-6/h7-8,11-12,15-18,23-26,31-32,45-48H,9-10,13-14,19-22,27-30H2,1-6H3,(H,57,59)(H,58,60)(H,61,67)(H,62,68)/t45-,46-,47?,48?/m0/s1. The van der Waals surface area contributed by atoms with E-state index in [4.69, 9.17) is 38.4 Å². The lowest BCUT2D eigenvalue weighted by atomic mass is 9.87. The van der Waals surface area contributed by atoms with Crippen LogP contribution in [0.1, 0.15) is 86.5 Å². The second kappa shape index (κ2) is 19.8. The van der Waals surface area contributed by atoms with Gasteiger partial charge in [0.15, 0.2) is 11.6 Å². The van der Waals surface area contributed by atoms with E-state index in [9.17, 15) is 19.2 Å². The lowest BCUT2D eigenvalue weighted by Crippen LogP contribution is -2.52. The van der Waals surface area contributed by atoms with E-state index in [0.29, 0.717) is 50.9 Å². The smallest absolute Gasteiger partial charge is 0.407 e. The number of imidazole rings is 2. The molecule has 4 amide bonds. The molecule has 4 aromatic carbocycles. The molecule has 2 aromatic heterocycles. The first-order valence-electron chi connectivity index (χ1n) is 25.8. The van der Waals surface area contributed by atoms with Crippen LogP contribution in [0.15, 0.2) is 72.8 Å². The zero-order valence-corrected chi connectivity index (χ0v) is 42.7. The van der Waals surface area contributed by atoms with Crippen LogP contribution in [0.5, 0.6) is 0 Å². The molecule has 4 aliphatic heterocycles. The maximum Gasteiger partial charge on any atom is 0.407 e. The Kier molecular flexibility index (Phi) is 13.2. The number of ether oxygens (including phenoxy) is 6. The van der Waals surface area contributed by atoms with Crippen molar-refractivity contribution in [2.75, 3.05) is 53.7 Å². The molecule has 18 heteroatoms. The highest BCUT2D eigenvalue weighted by atomic mass is 16.7. The summed E-state index contributed by atoms with van der Waals surface area (Å²) in [5, 5.41) is 5.47. The Bertz CT molecular complexity index is 2930. The number of H-pyrrole nitrogens is 2. The Hall–Kier alpha value is -6.86. The summed E-state index contributed by atoms with van der Waals surface area (Å²) >= 11 is 0. The second-order valence-corrected chi connectivity index (χ2v) is 21.0. The number of aryl methyl sites for hydroxylation is 4. The van der Waals surface area contributed by atoms with Gasteiger partial charge in [0.1, 0.15) is 23.7 Å². The molecule has 0 saturated carbocycles. The van der Waals surface area contributed by atoms with Gasteiger partial charge in [-0.2, -0.15) is 0 Å². The van der Waals surface area contributed by atoms with Crippen molar-refractivity contribution in [3.05, 3.63) is 107 Å². The number of rotatable bonds is 10. The van der Waals surface area contributed by atoms with Gasteiger partial charge in [-0.1, -0.05) is 76.2 Å². The summed E-state index contributed by atoms with van der Waals surface area (Å²) in [5.74, 6) is -1.55. The third kappa shape index (κ3) is 9.37. The number of carbonyl (C=O) groups excluding carboxylic acids is 4. The highest BCUT2D eigenvalue weighted by molar-refractivity contribution is 5.89. The first kappa shape index (κ1) is 49.4. The van der Waals surface area contributed by atoms with Gasteiger partial charge in [-0.3, -0.25) is 9.59 Å². The van der Waals surface area contributed by atoms with Crippen molar-refractivity contribution in [3.8, 4) is 22.3 Å². The minimum Gasteiger partial charge on any atom is -0.453 e. The van der Waals surface area contributed by atoms with E-state index in [1.165, 1.54) is 47.6 Å². The number of benzene rings is 4. The van der Waals surface area contributed by atoms with Crippen molar-refractivity contribution < 1.29 is 47.6 Å². The number of carbonyl (C=O) groups is 4. The van der Waals surface area contributed by atoms with Gasteiger partial charge in [-0.25, -0.2) is 19.6 Å². The average molecular weight is 1010 g/mol. The molecular formula is C56H64N8O10. The normalized spacial score (nSPS) is 20.8. The van der Waals surface area contributed by atoms with Crippen LogP contribution in [0.3, 0.4) is 0 Å². The van der Waals surface area contributed by atoms with Crippen molar-refractivity contribution in [3.63, 3.8) is 0 Å². The van der Waals surface area contributed by atoms with Crippen LogP contribution in [0, 0.1) is 11.8 Å². The Labute approximate surface area is 429 Å². The van der Waals surface area contributed by atoms with Crippen LogP contribution in [0.25, 0.3) is 44.3 Å². The fraction of sp³-hybridized carbons (Fsp3) is 0.464. The number of nitrogens with zero attached hydrogens (tertiary/aromatic N) is 4. The van der Waals surface area contributed by atoms with Gasteiger partial charge in [0.05, 0.1) is 87.9 Å². The van der Waals surface area contributed by atoms with E-state index < -0.39 is 47.9 Å². The van der Waals surface area contributed by atoms with Crippen molar-refractivity contribution in [2.24, 2.45) is 11.8 Å². The van der Waals surface area contributed by atoms with E-state index in [0.717, 1.165) is 58.9 Å². The van der Waals surface area contributed by atoms with E-state index in [-0.39, 0.29) is 36.7 Å². The molecular weight excluding hydrogens is 945 g/mol. The Morgan fingerprint density at radius 2 is 0.986 bits per heavy atom. The number of methoxy groups -OCH3 is 2. The third-order valence-corrected chi connectivity index (χ3v) is 15.5. The van der Waals surface area contributed by atoms with Crippen molar-refractivity contribution in [1.29, 1.82) is 0 Å². The molecule has 14 rings (SSSR count). The number of hydrogen-bond acceptors (Lipinski definition) is 12. The molecule has 6 aromatic rings. The van der Waals surface area contributed by atoms with Gasteiger partial charge in [-0.05, 0) is 106 Å². The summed E-state index contributed by atoms with van der Waals surface area (Å²) in [5.41, 5.74) is 12.7. The van der Waals surface area contributed by atoms with E-state index in [1.807, 2.05) is 39.8 Å². The number of alkyl carbamates (subject to hydrolysis) is 2. The van der Waals surface area contributed by atoms with Gasteiger partial charge in [-0.15, -0.1) is 0 Å². The molecule has 2 unspecified atom stereocenters. The molecule has 4 bridgehead atoms.